The van der Waals surface area contributed by atoms with Crippen molar-refractivity contribution in [2.75, 3.05) is 48.6 Å². The first-order chi connectivity index (χ1) is 16.2. The van der Waals surface area contributed by atoms with Gasteiger partial charge in [-0.2, -0.15) is 0 Å². The molecule has 3 aromatic carbocycles. The van der Waals surface area contributed by atoms with Crippen LogP contribution in [0.5, 0.6) is 0 Å². The molecule has 0 fully saturated rings. The average molecular weight is 669 g/mol. The summed E-state index contributed by atoms with van der Waals surface area (Å²) in [7, 11) is 0. The predicted molar refractivity (Wildman–Crippen MR) is 161 cm³/mol. The van der Waals surface area contributed by atoms with Gasteiger partial charge in [0.25, 0.3) is 0 Å². The minimum atomic E-state index is -1.44. The molecule has 0 radical (unpaired) electrons. The van der Waals surface area contributed by atoms with Crippen molar-refractivity contribution in [3.05, 3.63) is 81.4 Å². The van der Waals surface area contributed by atoms with Crippen LogP contribution in [-0.4, -0.2) is 40.7 Å². The molecule has 0 bridgehead atoms. The number of hydrogen-bond donors (Lipinski definition) is 5. The van der Waals surface area contributed by atoms with Crippen molar-refractivity contribution in [1.29, 1.82) is 0 Å². The van der Waals surface area contributed by atoms with Gasteiger partial charge in [-0.05, 0) is 0 Å². The van der Waals surface area contributed by atoms with Crippen LogP contribution >= 0.6 is 32.6 Å². The minimum absolute atomic E-state index is 0.153. The van der Waals surface area contributed by atoms with Gasteiger partial charge in [0, 0.05) is 0 Å². The summed E-state index contributed by atoms with van der Waals surface area (Å²) in [6, 6.07) is 23.9. The summed E-state index contributed by atoms with van der Waals surface area (Å²) in [5, 5.41) is 6.93. The van der Waals surface area contributed by atoms with Gasteiger partial charge in [-0.15, -0.1) is 0 Å². The first kappa shape index (κ1) is 24.6. The number of hydrogen-bond acceptors (Lipinski definition) is 5. The quantitative estimate of drug-likeness (QED) is 0.0966. The van der Waals surface area contributed by atoms with Gasteiger partial charge in [-0.1, -0.05) is 0 Å². The second kappa shape index (κ2) is 12.3. The summed E-state index contributed by atoms with van der Waals surface area (Å²) in [6.07, 6.45) is 1.20. The number of anilines is 2. The number of rotatable bonds is 10. The van der Waals surface area contributed by atoms with Crippen LogP contribution in [0.4, 0.5) is 11.4 Å². The molecule has 8 N–H and O–H groups in total. The van der Waals surface area contributed by atoms with Crippen molar-refractivity contribution in [3.63, 3.8) is 0 Å². The number of benzene rings is 3. The van der Waals surface area contributed by atoms with Crippen molar-refractivity contribution in [2.45, 2.75) is 6.42 Å². The van der Waals surface area contributed by atoms with E-state index >= 15 is 0 Å². The zero-order valence-corrected chi connectivity index (χ0v) is 23.1. The van der Waals surface area contributed by atoms with Gasteiger partial charge >= 0.3 is 211 Å². The molecule has 0 amide bonds. The molecule has 1 aliphatic rings. The molecule has 0 saturated heterocycles. The first-order valence-electron chi connectivity index (χ1n) is 11.3. The summed E-state index contributed by atoms with van der Waals surface area (Å²) >= 11 is -1.59. The van der Waals surface area contributed by atoms with E-state index in [4.69, 9.17) is 17.2 Å². The SMILES string of the molecule is NCCNCCNCCCI1I=C(c2ccccc2)c2cc(N)ccc2-c2ccc(N)cc21. The van der Waals surface area contributed by atoms with E-state index in [0.29, 0.717) is 6.54 Å². The Morgan fingerprint density at radius 3 is 2.18 bits per heavy atom. The summed E-state index contributed by atoms with van der Waals surface area (Å²) < 4.78 is 4.39. The van der Waals surface area contributed by atoms with Crippen molar-refractivity contribution in [1.82, 2.24) is 10.6 Å². The third kappa shape index (κ3) is 6.33. The second-order valence-corrected chi connectivity index (χ2v) is 22.7. The standard InChI is InChI=1S/C26H33I2N5/c29-12-14-33-16-15-32-13-4-11-28-25-18-21(31)8-10-23(25)22-9-7-20(30)17-24(22)26(27-28)19-5-2-1-3-6-19/h1-3,5-10,17-18,32-33H,4,11-16,29-31H2. The maximum atomic E-state index is 6.30. The predicted octanol–water partition coefficient (Wildman–Crippen LogP) is 4.19. The first-order valence-corrected chi connectivity index (χ1v) is 21.3. The third-order valence-electron chi connectivity index (χ3n) is 5.42. The fourth-order valence-electron chi connectivity index (χ4n) is 3.82. The van der Waals surface area contributed by atoms with Crippen molar-refractivity contribution in [2.24, 2.45) is 5.73 Å². The van der Waals surface area contributed by atoms with Crippen LogP contribution in [0, 0.1) is 3.57 Å². The van der Waals surface area contributed by atoms with E-state index in [1.54, 1.807) is 3.57 Å². The number of halogens is 2. The van der Waals surface area contributed by atoms with E-state index in [0.717, 1.165) is 37.6 Å². The number of nitrogens with one attached hydrogen (secondary N) is 2. The number of fused-ring (bicyclic) bond motifs is 3. The Bertz CT molecular complexity index is 1100. The van der Waals surface area contributed by atoms with Crippen LogP contribution in [0.25, 0.3) is 11.1 Å². The van der Waals surface area contributed by atoms with Crippen LogP contribution < -0.4 is 27.8 Å². The molecule has 7 heteroatoms. The normalized spacial score (nSPS) is 14.0. The van der Waals surface area contributed by atoms with Crippen LogP contribution in [0.2, 0.25) is 0 Å². The van der Waals surface area contributed by atoms with Crippen LogP contribution in [0.1, 0.15) is 17.5 Å². The van der Waals surface area contributed by atoms with Gasteiger partial charge in [0.05, 0.1) is 0 Å². The monoisotopic (exact) mass is 669 g/mol. The Labute approximate surface area is 210 Å². The van der Waals surface area contributed by atoms with Crippen LogP contribution in [0.3, 0.4) is 0 Å². The molecule has 0 unspecified atom stereocenters. The van der Waals surface area contributed by atoms with Gasteiger partial charge < -0.3 is 0 Å². The number of nitrogens with two attached hydrogens (primary N) is 3. The Morgan fingerprint density at radius 1 is 0.727 bits per heavy atom. The zero-order chi connectivity index (χ0) is 23.0. The molecular weight excluding hydrogens is 636 g/mol. The van der Waals surface area contributed by atoms with Crippen molar-refractivity contribution >= 4 is 47.5 Å². The molecule has 33 heavy (non-hydrogen) atoms. The molecule has 5 nitrogen and oxygen atoms in total. The molecule has 0 aliphatic carbocycles. The molecular formula is C26H33I2N5. The molecule has 4 rings (SSSR count). The third-order valence-corrected chi connectivity index (χ3v) is 23.1. The van der Waals surface area contributed by atoms with Gasteiger partial charge in [-0.3, -0.25) is 0 Å². The van der Waals surface area contributed by atoms with Gasteiger partial charge in [0.1, 0.15) is 0 Å². The molecule has 1 heterocycles. The molecule has 0 saturated carbocycles. The van der Waals surface area contributed by atoms with Gasteiger partial charge in [0.15, 0.2) is 0 Å². The fourth-order valence-corrected chi connectivity index (χ4v) is 22.8. The second-order valence-electron chi connectivity index (χ2n) is 7.93. The summed E-state index contributed by atoms with van der Waals surface area (Å²) in [5.41, 5.74) is 25.2. The molecule has 0 aromatic heterocycles. The summed E-state index contributed by atoms with van der Waals surface area (Å²) in [4.78, 5) is 0. The topological polar surface area (TPSA) is 102 Å². The zero-order valence-electron chi connectivity index (χ0n) is 18.8. The Hall–Kier alpha value is -1.53. The molecule has 0 atom stereocenters. The maximum absolute atomic E-state index is 6.30. The number of nitrogen functional groups attached to an aromatic ring is 2. The Kier molecular flexibility index (Phi) is 9.13. The van der Waals surface area contributed by atoms with Crippen LogP contribution in [-0.2, 0) is 0 Å². The molecule has 1 aliphatic heterocycles. The Balaban J connectivity index is 1.64. The molecule has 3 aromatic rings. The van der Waals surface area contributed by atoms with Gasteiger partial charge in [0.2, 0.25) is 0 Å². The van der Waals surface area contributed by atoms with E-state index in [9.17, 15) is 0 Å². The van der Waals surface area contributed by atoms with Crippen molar-refractivity contribution < 1.29 is 0 Å². The van der Waals surface area contributed by atoms with E-state index in [1.165, 1.54) is 36.6 Å². The Morgan fingerprint density at radius 2 is 1.42 bits per heavy atom. The fraction of sp³-hybridized carbons (Fsp3) is 0.269. The average Bonchev–Trinajstić information content (AvgIpc) is 2.95. The van der Waals surface area contributed by atoms with Crippen LogP contribution in [0.15, 0.2) is 66.7 Å². The molecule has 176 valence electrons. The van der Waals surface area contributed by atoms with E-state index in [1.807, 2.05) is 6.07 Å². The summed E-state index contributed by atoms with van der Waals surface area (Å²) in [5.74, 6) is 0. The molecule has 0 spiro atoms. The summed E-state index contributed by atoms with van der Waals surface area (Å²) in [6.45, 7) is 4.57. The number of alkyl halides is 1. The van der Waals surface area contributed by atoms with E-state index < -0.39 is 15.8 Å². The van der Waals surface area contributed by atoms with Gasteiger partial charge in [-0.25, -0.2) is 0 Å². The van der Waals surface area contributed by atoms with E-state index in [2.05, 4.69) is 71.3 Å². The van der Waals surface area contributed by atoms with E-state index in [-0.39, 0.29) is 16.8 Å². The van der Waals surface area contributed by atoms with Crippen molar-refractivity contribution in [3.8, 4) is 11.1 Å².